The van der Waals surface area contributed by atoms with Gasteiger partial charge < -0.3 is 10.1 Å². The molecule has 1 aliphatic rings. The molecule has 4 rings (SSSR count). The third kappa shape index (κ3) is 2.99. The first-order valence-corrected chi connectivity index (χ1v) is 9.77. The maximum absolute atomic E-state index is 13.7. The molecule has 140 valence electrons. The van der Waals surface area contributed by atoms with E-state index in [9.17, 15) is 9.18 Å². The number of nitrogens with one attached hydrogen (secondary N) is 1. The number of halogens is 1. The van der Waals surface area contributed by atoms with E-state index in [1.807, 2.05) is 48.7 Å². The summed E-state index contributed by atoms with van der Waals surface area (Å²) in [6.45, 7) is 1.99. The first-order valence-electron chi connectivity index (χ1n) is 8.89. The Morgan fingerprint density at radius 1 is 1.25 bits per heavy atom. The number of nitrogens with zero attached hydrogens (tertiary/aromatic N) is 1. The monoisotopic (exact) mass is 392 g/mol. The van der Waals surface area contributed by atoms with Crippen LogP contribution in [0.25, 0.3) is 11.1 Å². The van der Waals surface area contributed by atoms with Crippen molar-refractivity contribution in [2.45, 2.75) is 18.9 Å². The van der Waals surface area contributed by atoms with Gasteiger partial charge in [-0.3, -0.25) is 4.79 Å². The van der Waals surface area contributed by atoms with Crippen LogP contribution >= 0.6 is 11.3 Å². The Morgan fingerprint density at radius 2 is 2.04 bits per heavy atom. The van der Waals surface area contributed by atoms with Crippen LogP contribution in [-0.4, -0.2) is 12.5 Å². The van der Waals surface area contributed by atoms with Gasteiger partial charge in [0.25, 0.3) is 0 Å². The van der Waals surface area contributed by atoms with Gasteiger partial charge in [-0.15, -0.1) is 11.3 Å². The maximum atomic E-state index is 13.7. The van der Waals surface area contributed by atoms with E-state index in [0.29, 0.717) is 12.1 Å². The second-order valence-corrected chi connectivity index (χ2v) is 7.51. The Bertz CT molecular complexity index is 1090. The molecule has 1 aromatic heterocycles. The molecule has 2 aromatic carbocycles. The molecule has 0 radical (unpaired) electrons. The summed E-state index contributed by atoms with van der Waals surface area (Å²) in [5.41, 5.74) is 2.35. The molecule has 0 fully saturated rings. The summed E-state index contributed by atoms with van der Waals surface area (Å²) in [6, 6.07) is 16.0. The molecule has 1 aliphatic heterocycles. The van der Waals surface area contributed by atoms with Crippen LogP contribution in [0.15, 0.2) is 53.9 Å². The lowest BCUT2D eigenvalue weighted by Gasteiger charge is -2.32. The first-order chi connectivity index (χ1) is 13.6. The van der Waals surface area contributed by atoms with Gasteiger partial charge >= 0.3 is 0 Å². The Morgan fingerprint density at radius 3 is 2.75 bits per heavy atom. The predicted octanol–water partition coefficient (Wildman–Crippen LogP) is 5.05. The quantitative estimate of drug-likeness (QED) is 0.679. The van der Waals surface area contributed by atoms with Gasteiger partial charge in [-0.2, -0.15) is 5.26 Å². The topological polar surface area (TPSA) is 62.1 Å². The van der Waals surface area contributed by atoms with Crippen LogP contribution in [-0.2, 0) is 15.1 Å². The van der Waals surface area contributed by atoms with Crippen molar-refractivity contribution in [3.05, 3.63) is 75.7 Å². The first kappa shape index (κ1) is 18.4. The van der Waals surface area contributed by atoms with Crippen LogP contribution in [0.2, 0.25) is 0 Å². The van der Waals surface area contributed by atoms with E-state index in [4.69, 9.17) is 10.00 Å². The minimum absolute atomic E-state index is 0.00277. The zero-order chi connectivity index (χ0) is 19.7. The zero-order valence-electron chi connectivity index (χ0n) is 15.2. The fourth-order valence-electron chi connectivity index (χ4n) is 3.59. The fourth-order valence-corrected chi connectivity index (χ4v) is 4.55. The van der Waals surface area contributed by atoms with E-state index in [-0.39, 0.29) is 18.1 Å². The van der Waals surface area contributed by atoms with Crippen molar-refractivity contribution in [3.63, 3.8) is 0 Å². The lowest BCUT2D eigenvalue weighted by Crippen LogP contribution is -2.30. The highest BCUT2D eigenvalue weighted by Gasteiger charge is 2.39. The molecule has 1 unspecified atom stereocenters. The van der Waals surface area contributed by atoms with Gasteiger partial charge in [-0.25, -0.2) is 4.39 Å². The molecule has 0 spiro atoms. The van der Waals surface area contributed by atoms with E-state index in [1.165, 1.54) is 12.1 Å². The molecular formula is C22H17FN2O2S. The highest BCUT2D eigenvalue weighted by Crippen LogP contribution is 2.45. The molecule has 0 saturated heterocycles. The molecule has 1 amide bonds. The number of thiophene rings is 1. The van der Waals surface area contributed by atoms with Crippen molar-refractivity contribution in [1.82, 2.24) is 0 Å². The van der Waals surface area contributed by atoms with Crippen molar-refractivity contribution in [1.29, 1.82) is 5.26 Å². The van der Waals surface area contributed by atoms with Crippen LogP contribution in [0.5, 0.6) is 0 Å². The van der Waals surface area contributed by atoms with Gasteiger partial charge in [0.1, 0.15) is 24.1 Å². The number of fused-ring (bicyclic) bond motifs is 1. The number of carbonyl (C=O) groups excluding carboxylic acids is 1. The number of anilines is 1. The number of rotatable bonds is 3. The van der Waals surface area contributed by atoms with Crippen molar-refractivity contribution < 1.29 is 13.9 Å². The van der Waals surface area contributed by atoms with Crippen LogP contribution in [0, 0.1) is 17.1 Å². The Kier molecular flexibility index (Phi) is 4.71. The van der Waals surface area contributed by atoms with E-state index >= 15 is 0 Å². The van der Waals surface area contributed by atoms with Gasteiger partial charge in [0.05, 0.1) is 5.56 Å². The van der Waals surface area contributed by atoms with Gasteiger partial charge in [-0.05, 0) is 53.3 Å². The Hall–Kier alpha value is -3.01. The average molecular weight is 392 g/mol. The molecule has 2 heterocycles. The molecule has 0 bridgehead atoms. The standard InChI is InChI=1S/C22H17FN2O2S/c1-2-22(20-4-3-9-28-20)17-11-15(6-8-19(17)25-21(26)13-27-22)14-5-7-18(23)16(10-14)12-24/h3-11H,2,13H2,1H3,(H,25,26). The summed E-state index contributed by atoms with van der Waals surface area (Å²) < 4.78 is 19.9. The van der Waals surface area contributed by atoms with Crippen LogP contribution in [0.3, 0.4) is 0 Å². The van der Waals surface area contributed by atoms with Crippen molar-refractivity contribution in [3.8, 4) is 17.2 Å². The molecule has 1 atom stereocenters. The van der Waals surface area contributed by atoms with Crippen LogP contribution in [0.4, 0.5) is 10.1 Å². The number of hydrogen-bond donors (Lipinski definition) is 1. The zero-order valence-corrected chi connectivity index (χ0v) is 16.0. The van der Waals surface area contributed by atoms with Gasteiger partial charge in [0.15, 0.2) is 0 Å². The van der Waals surface area contributed by atoms with Gasteiger partial charge in [0, 0.05) is 16.1 Å². The summed E-state index contributed by atoms with van der Waals surface area (Å²) in [5.74, 6) is -0.743. The smallest absolute Gasteiger partial charge is 0.250 e. The summed E-state index contributed by atoms with van der Waals surface area (Å²) in [6.07, 6.45) is 0.645. The number of benzene rings is 2. The molecule has 0 aliphatic carbocycles. The second-order valence-electron chi connectivity index (χ2n) is 6.56. The summed E-state index contributed by atoms with van der Waals surface area (Å²) >= 11 is 1.58. The highest BCUT2D eigenvalue weighted by molar-refractivity contribution is 7.10. The van der Waals surface area contributed by atoms with Gasteiger partial charge in [0.2, 0.25) is 5.91 Å². The third-order valence-electron chi connectivity index (χ3n) is 5.02. The molecule has 3 aromatic rings. The number of hydrogen-bond acceptors (Lipinski definition) is 4. The van der Waals surface area contributed by atoms with Crippen molar-refractivity contribution in [2.75, 3.05) is 11.9 Å². The van der Waals surface area contributed by atoms with E-state index < -0.39 is 11.4 Å². The number of carbonyl (C=O) groups is 1. The van der Waals surface area contributed by atoms with E-state index in [1.54, 1.807) is 17.4 Å². The molecule has 4 nitrogen and oxygen atoms in total. The molecule has 0 saturated carbocycles. The molecular weight excluding hydrogens is 375 g/mol. The summed E-state index contributed by atoms with van der Waals surface area (Å²) in [4.78, 5) is 13.2. The fraction of sp³-hybridized carbons (Fsp3) is 0.182. The van der Waals surface area contributed by atoms with Crippen molar-refractivity contribution >= 4 is 22.9 Å². The van der Waals surface area contributed by atoms with E-state index in [0.717, 1.165) is 21.6 Å². The summed E-state index contributed by atoms with van der Waals surface area (Å²) in [7, 11) is 0. The van der Waals surface area contributed by atoms with Crippen LogP contribution in [0.1, 0.15) is 29.3 Å². The van der Waals surface area contributed by atoms with E-state index in [2.05, 4.69) is 5.32 Å². The maximum Gasteiger partial charge on any atom is 0.250 e. The molecule has 1 N–H and O–H groups in total. The minimum atomic E-state index is -0.753. The number of amides is 1. The van der Waals surface area contributed by atoms with Gasteiger partial charge in [-0.1, -0.05) is 25.1 Å². The second kappa shape index (κ2) is 7.19. The predicted molar refractivity (Wildman–Crippen MR) is 107 cm³/mol. The normalized spacial score (nSPS) is 18.7. The molecule has 6 heteroatoms. The minimum Gasteiger partial charge on any atom is -0.355 e. The lowest BCUT2D eigenvalue weighted by atomic mass is 9.86. The lowest BCUT2D eigenvalue weighted by molar-refractivity contribution is -0.125. The Labute approximate surface area is 166 Å². The molecule has 28 heavy (non-hydrogen) atoms. The summed E-state index contributed by atoms with van der Waals surface area (Å²) in [5, 5.41) is 14.0. The number of ether oxygens (including phenoxy) is 1. The SMILES string of the molecule is CCC1(c2cccs2)OCC(=O)Nc2ccc(-c3ccc(F)c(C#N)c3)cc21. The van der Waals surface area contributed by atoms with Crippen molar-refractivity contribution in [2.24, 2.45) is 0 Å². The third-order valence-corrected chi connectivity index (χ3v) is 6.03. The number of nitriles is 1. The largest absolute Gasteiger partial charge is 0.355 e. The van der Waals surface area contributed by atoms with Crippen LogP contribution < -0.4 is 5.32 Å². The highest BCUT2D eigenvalue weighted by atomic mass is 32.1. The Balaban J connectivity index is 1.92. The average Bonchev–Trinajstić information content (AvgIpc) is 3.21.